The van der Waals surface area contributed by atoms with Gasteiger partial charge in [-0.2, -0.15) is 0 Å². The molecule has 0 bridgehead atoms. The number of carbonyl (C=O) groups excluding carboxylic acids is 1. The van der Waals surface area contributed by atoms with Crippen molar-refractivity contribution in [2.45, 2.75) is 57.8 Å². The van der Waals surface area contributed by atoms with Gasteiger partial charge in [0, 0.05) is 6.42 Å². The van der Waals surface area contributed by atoms with Crippen LogP contribution in [0.25, 0.3) is 0 Å². The Labute approximate surface area is 144 Å². The summed E-state index contributed by atoms with van der Waals surface area (Å²) in [4.78, 5) is 12.6. The number of sulfonamides is 1. The number of hydrogen-bond acceptors (Lipinski definition) is 4. The predicted molar refractivity (Wildman–Crippen MR) is 95.9 cm³/mol. The molecule has 0 heterocycles. The number of anilines is 1. The highest BCUT2D eigenvalue weighted by molar-refractivity contribution is 7.92. The second kappa shape index (κ2) is 8.51. The number of hydrogen-bond donors (Lipinski definition) is 2. The van der Waals surface area contributed by atoms with Gasteiger partial charge in [-0.25, -0.2) is 8.42 Å². The second-order valence-electron chi connectivity index (χ2n) is 6.77. The van der Waals surface area contributed by atoms with E-state index in [0.29, 0.717) is 12.3 Å². The Morgan fingerprint density at radius 2 is 1.71 bits per heavy atom. The molecule has 0 aromatic heterocycles. The van der Waals surface area contributed by atoms with Crippen molar-refractivity contribution in [3.05, 3.63) is 23.8 Å². The SMILES string of the molecule is CS(=O)(=O)Nc1cccc(C(=O)CC2CCCCCCCC2)c1O. The minimum absolute atomic E-state index is 0.0535. The maximum absolute atomic E-state index is 12.6. The second-order valence-corrected chi connectivity index (χ2v) is 8.52. The minimum atomic E-state index is -3.50. The van der Waals surface area contributed by atoms with E-state index in [1.807, 2.05) is 0 Å². The molecule has 134 valence electrons. The zero-order chi connectivity index (χ0) is 17.6. The fourth-order valence-corrected chi connectivity index (χ4v) is 3.91. The van der Waals surface area contributed by atoms with Crippen LogP contribution in [0.1, 0.15) is 68.1 Å². The number of nitrogens with one attached hydrogen (secondary N) is 1. The number of carbonyl (C=O) groups is 1. The van der Waals surface area contributed by atoms with Crippen molar-refractivity contribution in [3.63, 3.8) is 0 Å². The van der Waals surface area contributed by atoms with Crippen molar-refractivity contribution >= 4 is 21.5 Å². The molecule has 0 radical (unpaired) electrons. The van der Waals surface area contributed by atoms with Crippen LogP contribution >= 0.6 is 0 Å². The highest BCUT2D eigenvalue weighted by Crippen LogP contribution is 2.31. The maximum Gasteiger partial charge on any atom is 0.229 e. The minimum Gasteiger partial charge on any atom is -0.505 e. The Morgan fingerprint density at radius 1 is 1.12 bits per heavy atom. The fourth-order valence-electron chi connectivity index (χ4n) is 3.34. The number of phenols is 1. The molecule has 5 nitrogen and oxygen atoms in total. The zero-order valence-electron chi connectivity index (χ0n) is 14.3. The summed E-state index contributed by atoms with van der Waals surface area (Å²) in [6, 6.07) is 4.59. The molecule has 0 saturated heterocycles. The Kier molecular flexibility index (Phi) is 6.66. The van der Waals surface area contributed by atoms with Crippen LogP contribution in [-0.2, 0) is 10.0 Å². The lowest BCUT2D eigenvalue weighted by Gasteiger charge is -2.16. The van der Waals surface area contributed by atoms with E-state index in [1.165, 1.54) is 31.7 Å². The van der Waals surface area contributed by atoms with Crippen LogP contribution in [0.4, 0.5) is 5.69 Å². The number of rotatable bonds is 5. The van der Waals surface area contributed by atoms with Crippen LogP contribution in [0.3, 0.4) is 0 Å². The molecule has 24 heavy (non-hydrogen) atoms. The lowest BCUT2D eigenvalue weighted by atomic mass is 9.89. The molecule has 1 aromatic carbocycles. The van der Waals surface area contributed by atoms with Gasteiger partial charge in [0.25, 0.3) is 0 Å². The smallest absolute Gasteiger partial charge is 0.229 e. The van der Waals surface area contributed by atoms with Crippen molar-refractivity contribution < 1.29 is 18.3 Å². The summed E-state index contributed by atoms with van der Waals surface area (Å²) in [7, 11) is -3.50. The van der Waals surface area contributed by atoms with Crippen molar-refractivity contribution in [2.24, 2.45) is 5.92 Å². The number of aromatic hydroxyl groups is 1. The van der Waals surface area contributed by atoms with E-state index in [2.05, 4.69) is 4.72 Å². The van der Waals surface area contributed by atoms with Gasteiger partial charge in [-0.15, -0.1) is 0 Å². The van der Waals surface area contributed by atoms with Crippen molar-refractivity contribution in [1.82, 2.24) is 0 Å². The first-order chi connectivity index (χ1) is 11.4. The van der Waals surface area contributed by atoms with Gasteiger partial charge < -0.3 is 5.11 Å². The monoisotopic (exact) mass is 353 g/mol. The molecule has 0 spiro atoms. The summed E-state index contributed by atoms with van der Waals surface area (Å²) in [6.07, 6.45) is 10.8. The molecule has 0 amide bonds. The summed E-state index contributed by atoms with van der Waals surface area (Å²) < 4.78 is 24.9. The molecule has 1 aliphatic carbocycles. The van der Waals surface area contributed by atoms with E-state index >= 15 is 0 Å². The Balaban J connectivity index is 2.09. The molecule has 6 heteroatoms. The average Bonchev–Trinajstić information content (AvgIpc) is 2.62. The third kappa shape index (κ3) is 5.82. The molecule has 2 rings (SSSR count). The quantitative estimate of drug-likeness (QED) is 0.617. The van der Waals surface area contributed by atoms with Crippen LogP contribution < -0.4 is 4.72 Å². The lowest BCUT2D eigenvalue weighted by Crippen LogP contribution is -2.12. The molecular weight excluding hydrogens is 326 g/mol. The molecule has 0 aliphatic heterocycles. The van der Waals surface area contributed by atoms with Gasteiger partial charge in [0.05, 0.1) is 17.5 Å². The topological polar surface area (TPSA) is 83.5 Å². The van der Waals surface area contributed by atoms with Crippen LogP contribution in [0.15, 0.2) is 18.2 Å². The number of ketones is 1. The van der Waals surface area contributed by atoms with Gasteiger partial charge in [0.2, 0.25) is 10.0 Å². The summed E-state index contributed by atoms with van der Waals surface area (Å²) in [6.45, 7) is 0. The molecule has 1 aromatic rings. The van der Waals surface area contributed by atoms with Gasteiger partial charge in [-0.1, -0.05) is 57.4 Å². The Hall–Kier alpha value is -1.56. The van der Waals surface area contributed by atoms with Crippen LogP contribution in [0, 0.1) is 5.92 Å². The van der Waals surface area contributed by atoms with E-state index < -0.39 is 10.0 Å². The van der Waals surface area contributed by atoms with Gasteiger partial charge in [-0.05, 0) is 18.1 Å². The zero-order valence-corrected chi connectivity index (χ0v) is 15.1. The van der Waals surface area contributed by atoms with E-state index in [1.54, 1.807) is 12.1 Å². The van der Waals surface area contributed by atoms with Crippen LogP contribution in [0.2, 0.25) is 0 Å². The fraction of sp³-hybridized carbons (Fsp3) is 0.611. The largest absolute Gasteiger partial charge is 0.505 e. The van der Waals surface area contributed by atoms with Crippen molar-refractivity contribution in [1.29, 1.82) is 0 Å². The van der Waals surface area contributed by atoms with Gasteiger partial charge in [0.1, 0.15) is 5.75 Å². The molecular formula is C18H27NO4S. The highest BCUT2D eigenvalue weighted by Gasteiger charge is 2.20. The summed E-state index contributed by atoms with van der Waals surface area (Å²) >= 11 is 0. The molecule has 1 fully saturated rings. The van der Waals surface area contributed by atoms with Crippen LogP contribution in [-0.4, -0.2) is 25.6 Å². The third-order valence-electron chi connectivity index (χ3n) is 4.58. The number of para-hydroxylation sites is 1. The first-order valence-corrected chi connectivity index (χ1v) is 10.6. The summed E-state index contributed by atoms with van der Waals surface area (Å²) in [5.74, 6) is -0.0496. The first-order valence-electron chi connectivity index (χ1n) is 8.70. The summed E-state index contributed by atoms with van der Waals surface area (Å²) in [5, 5.41) is 10.2. The van der Waals surface area contributed by atoms with Crippen molar-refractivity contribution in [2.75, 3.05) is 11.0 Å². The van der Waals surface area contributed by atoms with Gasteiger partial charge >= 0.3 is 0 Å². The molecule has 1 saturated carbocycles. The van der Waals surface area contributed by atoms with E-state index in [0.717, 1.165) is 31.9 Å². The van der Waals surface area contributed by atoms with Crippen LogP contribution in [0.5, 0.6) is 5.75 Å². The molecule has 2 N–H and O–H groups in total. The summed E-state index contributed by atoms with van der Waals surface area (Å²) in [5.41, 5.74) is 0.251. The van der Waals surface area contributed by atoms with E-state index in [4.69, 9.17) is 0 Å². The van der Waals surface area contributed by atoms with Gasteiger partial charge in [0.15, 0.2) is 5.78 Å². The highest BCUT2D eigenvalue weighted by atomic mass is 32.2. The van der Waals surface area contributed by atoms with Gasteiger partial charge in [-0.3, -0.25) is 9.52 Å². The average molecular weight is 353 g/mol. The van der Waals surface area contributed by atoms with Crippen molar-refractivity contribution in [3.8, 4) is 5.75 Å². The molecule has 1 aliphatic rings. The predicted octanol–water partition coefficient (Wildman–Crippen LogP) is 4.09. The maximum atomic E-state index is 12.6. The first kappa shape index (κ1) is 18.8. The standard InChI is InChI=1S/C18H27NO4S/c1-24(22,23)19-16-12-8-11-15(18(16)21)17(20)13-14-9-6-4-2-3-5-7-10-14/h8,11-12,14,19,21H,2-7,9-10,13H2,1H3. The lowest BCUT2D eigenvalue weighted by molar-refractivity contribution is 0.0953. The normalized spacial score (nSPS) is 17.5. The Morgan fingerprint density at radius 3 is 2.29 bits per heavy atom. The molecule has 0 atom stereocenters. The third-order valence-corrected chi connectivity index (χ3v) is 5.17. The Bertz CT molecular complexity index is 660. The van der Waals surface area contributed by atoms with E-state index in [9.17, 15) is 18.3 Å². The van der Waals surface area contributed by atoms with E-state index in [-0.39, 0.29) is 22.8 Å². The number of phenolic OH excluding ortho intramolecular Hbond substituents is 1. The number of benzene rings is 1. The molecule has 0 unspecified atom stereocenters. The number of Topliss-reactive ketones (excluding diaryl/α,β-unsaturated/α-hetero) is 1.